The number of nitrogens with two attached hydrogens (primary N) is 1. The number of fused-ring (bicyclic) bond motifs is 2. The number of anilines is 2. The Kier molecular flexibility index (Phi) is 3.86. The van der Waals surface area contributed by atoms with Gasteiger partial charge in [-0.3, -0.25) is 4.98 Å². The number of nitrogen functional groups attached to an aromatic ring is 1. The van der Waals surface area contributed by atoms with Gasteiger partial charge in [0.25, 0.3) is 0 Å². The molecule has 2 atom stereocenters. The Morgan fingerprint density at radius 2 is 2.11 bits per heavy atom. The Hall–Kier alpha value is -3.19. The van der Waals surface area contributed by atoms with Crippen molar-refractivity contribution in [3.8, 4) is 0 Å². The highest BCUT2D eigenvalue weighted by atomic mass is 16.5. The first kappa shape index (κ1) is 16.0. The van der Waals surface area contributed by atoms with E-state index in [1.165, 1.54) is 6.33 Å². The highest BCUT2D eigenvalue weighted by Gasteiger charge is 2.27. The number of nitrogens with zero attached hydrogens (tertiary/aromatic N) is 4. The van der Waals surface area contributed by atoms with Crippen LogP contribution >= 0.6 is 0 Å². The van der Waals surface area contributed by atoms with Crippen molar-refractivity contribution in [2.75, 3.05) is 17.6 Å². The maximum Gasteiger partial charge on any atom is 0.147 e. The number of aromatic nitrogens is 4. The largest absolute Gasteiger partial charge is 0.383 e. The predicted molar refractivity (Wildman–Crippen MR) is 105 cm³/mol. The summed E-state index contributed by atoms with van der Waals surface area (Å²) in [5.74, 6) is 0.500. The molecule has 27 heavy (non-hydrogen) atoms. The van der Waals surface area contributed by atoms with Gasteiger partial charge in [0.05, 0.1) is 17.0 Å². The third-order valence-electron chi connectivity index (χ3n) is 5.08. The van der Waals surface area contributed by atoms with Gasteiger partial charge >= 0.3 is 0 Å². The zero-order valence-electron chi connectivity index (χ0n) is 14.7. The number of hydrogen-bond acceptors (Lipinski definition) is 6. The number of hydrogen-bond donors (Lipinski definition) is 2. The lowest BCUT2D eigenvalue weighted by atomic mass is 10.2. The van der Waals surface area contributed by atoms with Crippen molar-refractivity contribution in [1.29, 1.82) is 0 Å². The summed E-state index contributed by atoms with van der Waals surface area (Å²) in [5.41, 5.74) is 8.79. The first-order chi connectivity index (χ1) is 13.3. The van der Waals surface area contributed by atoms with Crippen LogP contribution in [0.1, 0.15) is 19.1 Å². The Labute approximate surface area is 156 Å². The number of benzene rings is 1. The minimum Gasteiger partial charge on any atom is -0.383 e. The Balaban J connectivity index is 1.27. The summed E-state index contributed by atoms with van der Waals surface area (Å²) in [6, 6.07) is 12.2. The van der Waals surface area contributed by atoms with Gasteiger partial charge in [-0.05, 0) is 37.1 Å². The standard InChI is InChI=1S/C20H20N6O/c21-19-16-7-9-26(20(16)25-12-24-19)18-6-5-15(27-18)11-23-14-4-3-13-2-1-8-22-17(13)10-14/h1-4,7-10,12,15,18,23H,5-6,11H2,(H2,21,24,25)/t15-,18+/m0/s1. The topological polar surface area (TPSA) is 90.9 Å². The maximum absolute atomic E-state index is 6.25. The monoisotopic (exact) mass is 360 g/mol. The van der Waals surface area contributed by atoms with Crippen molar-refractivity contribution >= 4 is 33.4 Å². The van der Waals surface area contributed by atoms with Crippen LogP contribution in [0.5, 0.6) is 0 Å². The van der Waals surface area contributed by atoms with Gasteiger partial charge < -0.3 is 20.4 Å². The van der Waals surface area contributed by atoms with E-state index >= 15 is 0 Å². The molecule has 0 amide bonds. The van der Waals surface area contributed by atoms with E-state index in [2.05, 4.69) is 44.5 Å². The van der Waals surface area contributed by atoms with Crippen molar-refractivity contribution < 1.29 is 4.74 Å². The van der Waals surface area contributed by atoms with Crippen LogP contribution in [-0.2, 0) is 4.74 Å². The van der Waals surface area contributed by atoms with Gasteiger partial charge in [-0.15, -0.1) is 0 Å². The summed E-state index contributed by atoms with van der Waals surface area (Å²) >= 11 is 0. The molecule has 3 aromatic heterocycles. The fraction of sp³-hybridized carbons (Fsp3) is 0.250. The molecule has 0 bridgehead atoms. The first-order valence-corrected chi connectivity index (χ1v) is 9.09. The lowest BCUT2D eigenvalue weighted by molar-refractivity contribution is 0.0108. The van der Waals surface area contributed by atoms with Crippen LogP contribution in [0.3, 0.4) is 0 Å². The third kappa shape index (κ3) is 2.96. The molecule has 5 rings (SSSR count). The Morgan fingerprint density at radius 3 is 3.07 bits per heavy atom. The zero-order valence-corrected chi connectivity index (χ0v) is 14.7. The molecule has 1 aliphatic heterocycles. The van der Waals surface area contributed by atoms with E-state index in [1.807, 2.05) is 29.1 Å². The molecule has 0 radical (unpaired) electrons. The summed E-state index contributed by atoms with van der Waals surface area (Å²) < 4.78 is 8.30. The lowest BCUT2D eigenvalue weighted by Crippen LogP contribution is -2.20. The smallest absolute Gasteiger partial charge is 0.147 e. The second kappa shape index (κ2) is 6.51. The van der Waals surface area contributed by atoms with Crippen LogP contribution in [0.4, 0.5) is 11.5 Å². The van der Waals surface area contributed by atoms with Crippen LogP contribution in [0.25, 0.3) is 21.9 Å². The summed E-state index contributed by atoms with van der Waals surface area (Å²) in [4.78, 5) is 12.8. The van der Waals surface area contributed by atoms with E-state index in [0.717, 1.165) is 47.0 Å². The average molecular weight is 360 g/mol. The maximum atomic E-state index is 6.25. The van der Waals surface area contributed by atoms with Gasteiger partial charge in [-0.25, -0.2) is 9.97 Å². The van der Waals surface area contributed by atoms with Crippen LogP contribution in [0.15, 0.2) is 55.1 Å². The fourth-order valence-corrected chi connectivity index (χ4v) is 3.67. The SMILES string of the molecule is Nc1ncnc2c1ccn2[C@H]1CC[C@@H](CNc2ccc3cccnc3c2)O1. The molecular weight excluding hydrogens is 340 g/mol. The average Bonchev–Trinajstić information content (AvgIpc) is 3.33. The van der Waals surface area contributed by atoms with Gasteiger partial charge in [0.1, 0.15) is 24.0 Å². The molecule has 3 N–H and O–H groups in total. The molecule has 7 nitrogen and oxygen atoms in total. The summed E-state index contributed by atoms with van der Waals surface area (Å²) in [5, 5.41) is 5.48. The van der Waals surface area contributed by atoms with Crippen molar-refractivity contribution in [2.45, 2.75) is 25.2 Å². The minimum atomic E-state index is -0.0260. The first-order valence-electron chi connectivity index (χ1n) is 9.09. The number of nitrogens with one attached hydrogen (secondary N) is 1. The van der Waals surface area contributed by atoms with Crippen LogP contribution in [-0.4, -0.2) is 32.2 Å². The molecule has 1 aliphatic rings. The van der Waals surface area contributed by atoms with E-state index in [1.54, 1.807) is 0 Å². The highest BCUT2D eigenvalue weighted by Crippen LogP contribution is 2.32. The molecule has 7 heteroatoms. The summed E-state index contributed by atoms with van der Waals surface area (Å²) in [6.45, 7) is 0.755. The Bertz CT molecular complexity index is 1110. The quantitative estimate of drug-likeness (QED) is 0.580. The van der Waals surface area contributed by atoms with Crippen molar-refractivity contribution in [3.05, 3.63) is 55.1 Å². The third-order valence-corrected chi connectivity index (χ3v) is 5.08. The number of pyridine rings is 1. The highest BCUT2D eigenvalue weighted by molar-refractivity contribution is 5.86. The second-order valence-electron chi connectivity index (χ2n) is 6.80. The minimum absolute atomic E-state index is 0.0260. The molecule has 0 aliphatic carbocycles. The van der Waals surface area contributed by atoms with Crippen LogP contribution < -0.4 is 11.1 Å². The normalized spacial score (nSPS) is 19.7. The van der Waals surface area contributed by atoms with E-state index in [0.29, 0.717) is 5.82 Å². The van der Waals surface area contributed by atoms with E-state index in [4.69, 9.17) is 10.5 Å². The number of ether oxygens (including phenoxy) is 1. The van der Waals surface area contributed by atoms with Gasteiger partial charge in [-0.2, -0.15) is 0 Å². The van der Waals surface area contributed by atoms with Gasteiger partial charge in [-0.1, -0.05) is 12.1 Å². The van der Waals surface area contributed by atoms with E-state index < -0.39 is 0 Å². The molecule has 1 aromatic carbocycles. The van der Waals surface area contributed by atoms with Gasteiger partial charge in [0, 0.05) is 30.0 Å². The van der Waals surface area contributed by atoms with E-state index in [-0.39, 0.29) is 12.3 Å². The lowest BCUT2D eigenvalue weighted by Gasteiger charge is -2.17. The molecule has 1 fully saturated rings. The fourth-order valence-electron chi connectivity index (χ4n) is 3.67. The molecule has 4 aromatic rings. The van der Waals surface area contributed by atoms with Crippen molar-refractivity contribution in [1.82, 2.24) is 19.5 Å². The predicted octanol–water partition coefficient (Wildman–Crippen LogP) is 3.35. The molecule has 136 valence electrons. The molecule has 4 heterocycles. The molecule has 0 unspecified atom stereocenters. The van der Waals surface area contributed by atoms with Gasteiger partial charge in [0.15, 0.2) is 0 Å². The molecule has 0 saturated carbocycles. The van der Waals surface area contributed by atoms with Crippen molar-refractivity contribution in [3.63, 3.8) is 0 Å². The number of rotatable bonds is 4. The molecule has 1 saturated heterocycles. The van der Waals surface area contributed by atoms with E-state index in [9.17, 15) is 0 Å². The summed E-state index contributed by atoms with van der Waals surface area (Å²) in [6.07, 6.45) is 7.34. The van der Waals surface area contributed by atoms with Crippen LogP contribution in [0, 0.1) is 0 Å². The van der Waals surface area contributed by atoms with Crippen molar-refractivity contribution in [2.24, 2.45) is 0 Å². The second-order valence-corrected chi connectivity index (χ2v) is 6.80. The van der Waals surface area contributed by atoms with Gasteiger partial charge in [0.2, 0.25) is 0 Å². The molecule has 0 spiro atoms. The van der Waals surface area contributed by atoms with Crippen LogP contribution in [0.2, 0.25) is 0 Å². The Morgan fingerprint density at radius 1 is 1.15 bits per heavy atom. The zero-order chi connectivity index (χ0) is 18.2. The molecular formula is C20H20N6O. The summed E-state index contributed by atoms with van der Waals surface area (Å²) in [7, 11) is 0.